The van der Waals surface area contributed by atoms with Crippen LogP contribution in [0.2, 0.25) is 5.02 Å². The van der Waals surface area contributed by atoms with Crippen molar-refractivity contribution in [1.29, 1.82) is 0 Å². The molecule has 3 amide bonds. The molecule has 27 heavy (non-hydrogen) atoms. The van der Waals surface area contributed by atoms with E-state index in [4.69, 9.17) is 16.7 Å². The number of urea groups is 1. The molecule has 1 aromatic rings. The zero-order valence-electron chi connectivity index (χ0n) is 15.8. The fourth-order valence-electron chi connectivity index (χ4n) is 3.03. The number of carboxylic acids is 1. The smallest absolute Gasteiger partial charge is 0.319 e. The minimum Gasteiger partial charge on any atom is -0.481 e. The molecule has 1 aliphatic heterocycles. The third-order valence-corrected chi connectivity index (χ3v) is 4.64. The SMILES string of the molecule is CC(C)(C)NC(=O)Nc1ccc(Cl)c(C(=O)N2CCC(CC(=O)O)CC2)c1. The van der Waals surface area contributed by atoms with E-state index in [2.05, 4.69) is 10.6 Å². The van der Waals surface area contributed by atoms with Gasteiger partial charge in [0, 0.05) is 30.7 Å². The standard InChI is InChI=1S/C19H26ClN3O4/c1-19(2,3)22-18(27)21-13-4-5-15(20)14(11-13)17(26)23-8-6-12(7-9-23)10-16(24)25/h4-5,11-12H,6-10H2,1-3H3,(H,24,25)(H2,21,22,27). The van der Waals surface area contributed by atoms with Crippen LogP contribution >= 0.6 is 11.6 Å². The highest BCUT2D eigenvalue weighted by atomic mass is 35.5. The average molecular weight is 396 g/mol. The van der Waals surface area contributed by atoms with Crippen molar-refractivity contribution in [2.45, 2.75) is 45.6 Å². The molecule has 0 aliphatic carbocycles. The van der Waals surface area contributed by atoms with E-state index in [0.29, 0.717) is 42.2 Å². The summed E-state index contributed by atoms with van der Waals surface area (Å²) >= 11 is 6.20. The quantitative estimate of drug-likeness (QED) is 0.725. The number of anilines is 1. The lowest BCUT2D eigenvalue weighted by molar-refractivity contribution is -0.138. The van der Waals surface area contributed by atoms with Gasteiger partial charge in [0.1, 0.15) is 0 Å². The van der Waals surface area contributed by atoms with Crippen molar-refractivity contribution in [2.75, 3.05) is 18.4 Å². The van der Waals surface area contributed by atoms with Crippen LogP contribution in [0.4, 0.5) is 10.5 Å². The molecule has 3 N–H and O–H groups in total. The molecule has 0 spiro atoms. The van der Waals surface area contributed by atoms with E-state index in [1.54, 1.807) is 23.1 Å². The highest BCUT2D eigenvalue weighted by molar-refractivity contribution is 6.34. The van der Waals surface area contributed by atoms with Gasteiger partial charge in [-0.25, -0.2) is 4.79 Å². The van der Waals surface area contributed by atoms with Crippen LogP contribution in [0.1, 0.15) is 50.4 Å². The van der Waals surface area contributed by atoms with Crippen LogP contribution in [0.3, 0.4) is 0 Å². The zero-order valence-corrected chi connectivity index (χ0v) is 16.6. The van der Waals surface area contributed by atoms with E-state index >= 15 is 0 Å². The van der Waals surface area contributed by atoms with Crippen molar-refractivity contribution < 1.29 is 19.5 Å². The second-order valence-corrected chi connectivity index (χ2v) is 8.26. The summed E-state index contributed by atoms with van der Waals surface area (Å²) < 4.78 is 0. The number of benzene rings is 1. The van der Waals surface area contributed by atoms with Crippen molar-refractivity contribution in [2.24, 2.45) is 5.92 Å². The van der Waals surface area contributed by atoms with E-state index in [0.717, 1.165) is 0 Å². The van der Waals surface area contributed by atoms with E-state index in [1.165, 1.54) is 0 Å². The fourth-order valence-corrected chi connectivity index (χ4v) is 3.23. The Morgan fingerprint density at radius 2 is 1.85 bits per heavy atom. The van der Waals surface area contributed by atoms with Gasteiger partial charge < -0.3 is 20.6 Å². The molecule has 0 saturated carbocycles. The van der Waals surface area contributed by atoms with Gasteiger partial charge in [-0.3, -0.25) is 9.59 Å². The third kappa shape index (κ3) is 6.43. The number of likely N-dealkylation sites (tertiary alicyclic amines) is 1. The topological polar surface area (TPSA) is 98.7 Å². The Morgan fingerprint density at radius 1 is 1.22 bits per heavy atom. The van der Waals surface area contributed by atoms with Crippen molar-refractivity contribution in [1.82, 2.24) is 10.2 Å². The van der Waals surface area contributed by atoms with Crippen LogP contribution in [0, 0.1) is 5.92 Å². The summed E-state index contributed by atoms with van der Waals surface area (Å²) in [6.07, 6.45) is 1.44. The number of amides is 3. The lowest BCUT2D eigenvalue weighted by Gasteiger charge is -2.31. The maximum Gasteiger partial charge on any atom is 0.319 e. The number of carbonyl (C=O) groups excluding carboxylic acids is 2. The number of hydrogen-bond donors (Lipinski definition) is 3. The molecule has 1 heterocycles. The molecule has 1 aromatic carbocycles. The summed E-state index contributed by atoms with van der Waals surface area (Å²) in [7, 11) is 0. The minimum absolute atomic E-state index is 0.0936. The normalized spacial score (nSPS) is 15.3. The first-order chi connectivity index (χ1) is 12.5. The van der Waals surface area contributed by atoms with Crippen LogP contribution in [0.5, 0.6) is 0 Å². The van der Waals surface area contributed by atoms with Gasteiger partial charge in [-0.05, 0) is 57.7 Å². The fraction of sp³-hybridized carbons (Fsp3) is 0.526. The van der Waals surface area contributed by atoms with E-state index < -0.39 is 5.97 Å². The van der Waals surface area contributed by atoms with Gasteiger partial charge in [-0.2, -0.15) is 0 Å². The molecule has 0 unspecified atom stereocenters. The first kappa shape index (κ1) is 21.0. The van der Waals surface area contributed by atoms with Crippen LogP contribution in [0.25, 0.3) is 0 Å². The Hall–Kier alpha value is -2.28. The molecule has 1 fully saturated rings. The summed E-state index contributed by atoms with van der Waals surface area (Å²) in [6, 6.07) is 4.42. The Balaban J connectivity index is 2.04. The second kappa shape index (κ2) is 8.61. The lowest BCUT2D eigenvalue weighted by Crippen LogP contribution is -2.43. The molecule has 0 bridgehead atoms. The zero-order chi connectivity index (χ0) is 20.2. The molecule has 0 aromatic heterocycles. The molecule has 0 radical (unpaired) electrons. The van der Waals surface area contributed by atoms with Crippen molar-refractivity contribution in [3.8, 4) is 0 Å². The van der Waals surface area contributed by atoms with Gasteiger partial charge in [0.25, 0.3) is 5.91 Å². The Bertz CT molecular complexity index is 722. The lowest BCUT2D eigenvalue weighted by atomic mass is 9.93. The summed E-state index contributed by atoms with van der Waals surface area (Å²) in [4.78, 5) is 37.3. The van der Waals surface area contributed by atoms with E-state index in [9.17, 15) is 14.4 Å². The predicted molar refractivity (Wildman–Crippen MR) is 104 cm³/mol. The summed E-state index contributed by atoms with van der Waals surface area (Å²) in [5, 5.41) is 14.7. The van der Waals surface area contributed by atoms with Gasteiger partial charge in [0.2, 0.25) is 0 Å². The van der Waals surface area contributed by atoms with E-state index in [1.807, 2.05) is 20.8 Å². The molecule has 8 heteroatoms. The maximum atomic E-state index is 12.8. The number of aliphatic carboxylic acids is 1. The Morgan fingerprint density at radius 3 is 2.41 bits per heavy atom. The molecule has 1 saturated heterocycles. The molecular weight excluding hydrogens is 370 g/mol. The van der Waals surface area contributed by atoms with Gasteiger partial charge >= 0.3 is 12.0 Å². The number of hydrogen-bond acceptors (Lipinski definition) is 3. The number of piperidine rings is 1. The monoisotopic (exact) mass is 395 g/mol. The van der Waals surface area contributed by atoms with Crippen LogP contribution in [0.15, 0.2) is 18.2 Å². The van der Waals surface area contributed by atoms with Gasteiger partial charge in [0.05, 0.1) is 10.6 Å². The maximum absolute atomic E-state index is 12.8. The number of nitrogens with one attached hydrogen (secondary N) is 2. The van der Waals surface area contributed by atoms with Crippen LogP contribution < -0.4 is 10.6 Å². The average Bonchev–Trinajstić information content (AvgIpc) is 2.54. The molecular formula is C19H26ClN3O4. The number of carboxylic acid groups (broad SMARTS) is 1. The van der Waals surface area contributed by atoms with E-state index in [-0.39, 0.29) is 29.8 Å². The first-order valence-corrected chi connectivity index (χ1v) is 9.33. The summed E-state index contributed by atoms with van der Waals surface area (Å²) in [5.74, 6) is -0.931. The number of halogens is 1. The number of carbonyl (C=O) groups is 3. The van der Waals surface area contributed by atoms with Crippen LogP contribution in [-0.2, 0) is 4.79 Å². The van der Waals surface area contributed by atoms with Crippen molar-refractivity contribution in [3.63, 3.8) is 0 Å². The largest absolute Gasteiger partial charge is 0.481 e. The van der Waals surface area contributed by atoms with Gasteiger partial charge in [0.15, 0.2) is 0 Å². The molecule has 2 rings (SSSR count). The van der Waals surface area contributed by atoms with Crippen LogP contribution in [-0.4, -0.2) is 46.5 Å². The number of nitrogens with zero attached hydrogens (tertiary/aromatic N) is 1. The Labute approximate surface area is 164 Å². The molecule has 7 nitrogen and oxygen atoms in total. The molecule has 148 valence electrons. The third-order valence-electron chi connectivity index (χ3n) is 4.31. The summed E-state index contributed by atoms with van der Waals surface area (Å²) in [6.45, 7) is 6.61. The summed E-state index contributed by atoms with van der Waals surface area (Å²) in [5.41, 5.74) is 0.419. The second-order valence-electron chi connectivity index (χ2n) is 7.86. The predicted octanol–water partition coefficient (Wildman–Crippen LogP) is 3.59. The molecule has 1 aliphatic rings. The van der Waals surface area contributed by atoms with Crippen molar-refractivity contribution in [3.05, 3.63) is 28.8 Å². The molecule has 0 atom stereocenters. The minimum atomic E-state index is -0.810. The highest BCUT2D eigenvalue weighted by Gasteiger charge is 2.26. The van der Waals surface area contributed by atoms with Gasteiger partial charge in [-0.15, -0.1) is 0 Å². The number of rotatable bonds is 4. The first-order valence-electron chi connectivity index (χ1n) is 8.95. The highest BCUT2D eigenvalue weighted by Crippen LogP contribution is 2.26. The van der Waals surface area contributed by atoms with Crippen molar-refractivity contribution >= 4 is 35.2 Å². The van der Waals surface area contributed by atoms with Gasteiger partial charge in [-0.1, -0.05) is 11.6 Å². The Kier molecular flexibility index (Phi) is 6.70.